The van der Waals surface area contributed by atoms with E-state index in [0.717, 1.165) is 6.42 Å². The van der Waals surface area contributed by atoms with E-state index in [-0.39, 0.29) is 23.6 Å². The first-order valence-corrected chi connectivity index (χ1v) is 5.10. The Morgan fingerprint density at radius 3 is 2.60 bits per heavy atom. The number of Topliss-reactive ketones (excluding diaryl/α,β-unsaturated/α-hetero) is 1. The molecule has 15 heavy (non-hydrogen) atoms. The SMILES string of the molecule is CC1OCCC1C(=O)c1ccc(F)cc1. The summed E-state index contributed by atoms with van der Waals surface area (Å²) in [5.74, 6) is -0.335. The average molecular weight is 208 g/mol. The summed E-state index contributed by atoms with van der Waals surface area (Å²) in [6.07, 6.45) is 0.736. The minimum atomic E-state index is -0.317. The first-order chi connectivity index (χ1) is 7.18. The summed E-state index contributed by atoms with van der Waals surface area (Å²) in [4.78, 5) is 12.0. The third kappa shape index (κ3) is 2.07. The highest BCUT2D eigenvalue weighted by Gasteiger charge is 2.31. The zero-order valence-electron chi connectivity index (χ0n) is 8.57. The monoisotopic (exact) mass is 208 g/mol. The molecule has 2 nitrogen and oxygen atoms in total. The van der Waals surface area contributed by atoms with Gasteiger partial charge in [-0.15, -0.1) is 0 Å². The molecule has 0 N–H and O–H groups in total. The second-order valence-electron chi connectivity index (χ2n) is 3.84. The largest absolute Gasteiger partial charge is 0.378 e. The van der Waals surface area contributed by atoms with E-state index in [0.29, 0.717) is 12.2 Å². The molecule has 1 heterocycles. The van der Waals surface area contributed by atoms with E-state index < -0.39 is 0 Å². The molecular weight excluding hydrogens is 195 g/mol. The summed E-state index contributed by atoms with van der Waals surface area (Å²) in [5, 5.41) is 0. The number of carbonyl (C=O) groups is 1. The van der Waals surface area contributed by atoms with Crippen molar-refractivity contribution in [3.63, 3.8) is 0 Å². The molecule has 0 radical (unpaired) electrons. The van der Waals surface area contributed by atoms with E-state index in [1.165, 1.54) is 24.3 Å². The maximum absolute atomic E-state index is 12.7. The molecule has 1 fully saturated rings. The van der Waals surface area contributed by atoms with Crippen molar-refractivity contribution in [3.05, 3.63) is 35.6 Å². The second-order valence-corrected chi connectivity index (χ2v) is 3.84. The summed E-state index contributed by atoms with van der Waals surface area (Å²) in [7, 11) is 0. The highest BCUT2D eigenvalue weighted by Crippen LogP contribution is 2.24. The highest BCUT2D eigenvalue weighted by molar-refractivity contribution is 5.98. The molecule has 0 amide bonds. The van der Waals surface area contributed by atoms with Gasteiger partial charge in [-0.1, -0.05) is 0 Å². The van der Waals surface area contributed by atoms with Gasteiger partial charge in [0.15, 0.2) is 5.78 Å². The Hall–Kier alpha value is -1.22. The third-order valence-electron chi connectivity index (χ3n) is 2.84. The molecule has 0 spiro atoms. The van der Waals surface area contributed by atoms with Crippen LogP contribution in [-0.4, -0.2) is 18.5 Å². The Balaban J connectivity index is 2.17. The van der Waals surface area contributed by atoms with Gasteiger partial charge in [0.2, 0.25) is 0 Å². The smallest absolute Gasteiger partial charge is 0.168 e. The predicted molar refractivity (Wildman–Crippen MR) is 54.3 cm³/mol. The van der Waals surface area contributed by atoms with E-state index in [1.54, 1.807) is 0 Å². The summed E-state index contributed by atoms with van der Waals surface area (Å²) in [6, 6.07) is 5.69. The van der Waals surface area contributed by atoms with Crippen LogP contribution in [0.25, 0.3) is 0 Å². The van der Waals surface area contributed by atoms with Crippen LogP contribution < -0.4 is 0 Å². The molecule has 2 atom stereocenters. The van der Waals surface area contributed by atoms with Gasteiger partial charge in [0, 0.05) is 12.2 Å². The minimum Gasteiger partial charge on any atom is -0.378 e. The van der Waals surface area contributed by atoms with Crippen LogP contribution in [0, 0.1) is 11.7 Å². The predicted octanol–water partition coefficient (Wildman–Crippen LogP) is 2.43. The first-order valence-electron chi connectivity index (χ1n) is 5.10. The van der Waals surface area contributed by atoms with Crippen LogP contribution in [0.5, 0.6) is 0 Å². The maximum Gasteiger partial charge on any atom is 0.168 e. The van der Waals surface area contributed by atoms with Gasteiger partial charge in [-0.25, -0.2) is 4.39 Å². The van der Waals surface area contributed by atoms with Gasteiger partial charge in [0.05, 0.1) is 12.0 Å². The van der Waals surface area contributed by atoms with E-state index in [4.69, 9.17) is 4.74 Å². The van der Waals surface area contributed by atoms with E-state index in [2.05, 4.69) is 0 Å². The van der Waals surface area contributed by atoms with Gasteiger partial charge in [-0.3, -0.25) is 4.79 Å². The lowest BCUT2D eigenvalue weighted by Gasteiger charge is -2.12. The topological polar surface area (TPSA) is 26.3 Å². The molecule has 3 heteroatoms. The third-order valence-corrected chi connectivity index (χ3v) is 2.84. The second kappa shape index (κ2) is 4.11. The number of ketones is 1. The average Bonchev–Trinajstić information content (AvgIpc) is 2.65. The lowest BCUT2D eigenvalue weighted by Crippen LogP contribution is -2.21. The number of rotatable bonds is 2. The first kappa shape index (κ1) is 10.3. The van der Waals surface area contributed by atoms with Crippen LogP contribution in [0.2, 0.25) is 0 Å². The molecule has 1 aliphatic rings. The normalized spacial score (nSPS) is 25.5. The zero-order chi connectivity index (χ0) is 10.8. The molecule has 2 rings (SSSR count). The molecule has 0 saturated carbocycles. The molecule has 0 bridgehead atoms. The minimum absolute atomic E-state index is 0.0254. The Bertz CT molecular complexity index is 358. The number of benzene rings is 1. The van der Waals surface area contributed by atoms with Gasteiger partial charge < -0.3 is 4.74 Å². The molecule has 0 aromatic heterocycles. The van der Waals surface area contributed by atoms with Crippen molar-refractivity contribution in [1.82, 2.24) is 0 Å². The van der Waals surface area contributed by atoms with Crippen LogP contribution in [0.3, 0.4) is 0 Å². The molecule has 2 unspecified atom stereocenters. The van der Waals surface area contributed by atoms with Crippen molar-refractivity contribution in [3.8, 4) is 0 Å². The van der Waals surface area contributed by atoms with E-state index in [1.807, 2.05) is 6.92 Å². The molecule has 0 aliphatic carbocycles. The Kier molecular flexibility index (Phi) is 2.82. The number of hydrogen-bond acceptors (Lipinski definition) is 2. The van der Waals surface area contributed by atoms with Gasteiger partial charge in [0.1, 0.15) is 5.82 Å². The fraction of sp³-hybridized carbons (Fsp3) is 0.417. The van der Waals surface area contributed by atoms with Crippen molar-refractivity contribution >= 4 is 5.78 Å². The van der Waals surface area contributed by atoms with Crippen molar-refractivity contribution in [1.29, 1.82) is 0 Å². The van der Waals surface area contributed by atoms with E-state index in [9.17, 15) is 9.18 Å². The lowest BCUT2D eigenvalue weighted by molar-refractivity contribution is 0.0764. The van der Waals surface area contributed by atoms with Crippen LogP contribution in [0.1, 0.15) is 23.7 Å². The van der Waals surface area contributed by atoms with Crippen molar-refractivity contribution < 1.29 is 13.9 Å². The van der Waals surface area contributed by atoms with Crippen molar-refractivity contribution in [2.75, 3.05) is 6.61 Å². The van der Waals surface area contributed by atoms with Crippen LogP contribution in [-0.2, 0) is 4.74 Å². The highest BCUT2D eigenvalue weighted by atomic mass is 19.1. The molecule has 1 saturated heterocycles. The van der Waals surface area contributed by atoms with Gasteiger partial charge >= 0.3 is 0 Å². The van der Waals surface area contributed by atoms with E-state index >= 15 is 0 Å². The van der Waals surface area contributed by atoms with Gasteiger partial charge in [0.25, 0.3) is 0 Å². The fourth-order valence-corrected chi connectivity index (χ4v) is 1.90. The molecule has 1 aromatic carbocycles. The van der Waals surface area contributed by atoms with Gasteiger partial charge in [-0.05, 0) is 37.6 Å². The Morgan fingerprint density at radius 1 is 1.40 bits per heavy atom. The standard InChI is InChI=1S/C12H13FO2/c1-8-11(6-7-15-8)12(14)9-2-4-10(13)5-3-9/h2-5,8,11H,6-7H2,1H3. The number of hydrogen-bond donors (Lipinski definition) is 0. The van der Waals surface area contributed by atoms with Crippen molar-refractivity contribution in [2.45, 2.75) is 19.4 Å². The van der Waals surface area contributed by atoms with Gasteiger partial charge in [-0.2, -0.15) is 0 Å². The van der Waals surface area contributed by atoms with Crippen LogP contribution >= 0.6 is 0 Å². The molecular formula is C12H13FO2. The Morgan fingerprint density at radius 2 is 2.07 bits per heavy atom. The zero-order valence-corrected chi connectivity index (χ0v) is 8.57. The summed E-state index contributed by atoms with van der Waals surface area (Å²) in [5.41, 5.74) is 0.568. The maximum atomic E-state index is 12.7. The van der Waals surface area contributed by atoms with Crippen molar-refractivity contribution in [2.24, 2.45) is 5.92 Å². The quantitative estimate of drug-likeness (QED) is 0.698. The molecule has 1 aliphatic heterocycles. The Labute approximate surface area is 88.1 Å². The number of ether oxygens (including phenoxy) is 1. The molecule has 80 valence electrons. The van der Waals surface area contributed by atoms with Crippen LogP contribution in [0.4, 0.5) is 4.39 Å². The molecule has 1 aromatic rings. The fourth-order valence-electron chi connectivity index (χ4n) is 1.90. The number of halogens is 1. The summed E-state index contributed by atoms with van der Waals surface area (Å²) in [6.45, 7) is 2.54. The van der Waals surface area contributed by atoms with Crippen LogP contribution in [0.15, 0.2) is 24.3 Å². The summed E-state index contributed by atoms with van der Waals surface area (Å²) >= 11 is 0. The number of carbonyl (C=O) groups excluding carboxylic acids is 1. The lowest BCUT2D eigenvalue weighted by atomic mass is 9.92. The summed E-state index contributed by atoms with van der Waals surface area (Å²) < 4.78 is 18.0.